The van der Waals surface area contributed by atoms with E-state index in [1.165, 1.54) is 16.9 Å². The first-order chi connectivity index (χ1) is 11.7. The summed E-state index contributed by atoms with van der Waals surface area (Å²) in [4.78, 5) is 12.6. The van der Waals surface area contributed by atoms with Crippen LogP contribution >= 0.6 is 11.3 Å². The lowest BCUT2D eigenvalue weighted by Gasteiger charge is -2.02. The molecule has 3 heterocycles. The number of rotatable bonds is 4. The molecule has 0 radical (unpaired) electrons. The van der Waals surface area contributed by atoms with Crippen molar-refractivity contribution >= 4 is 17.2 Å². The molecule has 1 aliphatic rings. The second-order valence-corrected chi connectivity index (χ2v) is 6.75. The fourth-order valence-corrected chi connectivity index (χ4v) is 3.41. The standard InChI is InChI=1S/C18H16N2O3S/c1-11-7-13-8-12(4-5-15(13)22-11)16-9-14(20-23-16)10-19-18(21)17-3-2-6-24-17/h2-6,8-9,11H,7,10H2,1H3,(H,19,21). The van der Waals surface area contributed by atoms with E-state index in [4.69, 9.17) is 9.26 Å². The van der Waals surface area contributed by atoms with Crippen LogP contribution in [0.1, 0.15) is 27.9 Å². The van der Waals surface area contributed by atoms with Crippen molar-refractivity contribution in [1.82, 2.24) is 10.5 Å². The van der Waals surface area contributed by atoms with Crippen LogP contribution in [0.5, 0.6) is 5.75 Å². The molecule has 1 aliphatic heterocycles. The Morgan fingerprint density at radius 3 is 3.12 bits per heavy atom. The number of ether oxygens (including phenoxy) is 1. The van der Waals surface area contributed by atoms with Gasteiger partial charge in [0, 0.05) is 18.1 Å². The average molecular weight is 340 g/mol. The van der Waals surface area contributed by atoms with E-state index in [0.717, 1.165) is 17.7 Å². The zero-order valence-corrected chi connectivity index (χ0v) is 13.9. The maximum Gasteiger partial charge on any atom is 0.261 e. The lowest BCUT2D eigenvalue weighted by atomic mass is 10.1. The van der Waals surface area contributed by atoms with Crippen molar-refractivity contribution in [3.8, 4) is 17.1 Å². The SMILES string of the molecule is CC1Cc2cc(-c3cc(CNC(=O)c4cccs4)no3)ccc2O1. The van der Waals surface area contributed by atoms with E-state index in [-0.39, 0.29) is 12.0 Å². The molecule has 5 nitrogen and oxygen atoms in total. The molecule has 6 heteroatoms. The van der Waals surface area contributed by atoms with E-state index in [1.807, 2.05) is 29.6 Å². The van der Waals surface area contributed by atoms with Crippen LogP contribution in [0.3, 0.4) is 0 Å². The van der Waals surface area contributed by atoms with E-state index < -0.39 is 0 Å². The number of nitrogens with zero attached hydrogens (tertiary/aromatic N) is 1. The van der Waals surface area contributed by atoms with Gasteiger partial charge in [-0.25, -0.2) is 0 Å². The van der Waals surface area contributed by atoms with Crippen molar-refractivity contribution in [1.29, 1.82) is 0 Å². The van der Waals surface area contributed by atoms with Gasteiger partial charge in [0.15, 0.2) is 5.76 Å². The van der Waals surface area contributed by atoms with E-state index >= 15 is 0 Å². The maximum atomic E-state index is 11.9. The Labute approximate surface area is 143 Å². The van der Waals surface area contributed by atoms with E-state index in [2.05, 4.69) is 23.5 Å². The molecule has 0 bridgehead atoms. The highest BCUT2D eigenvalue weighted by Gasteiger charge is 2.20. The molecule has 1 unspecified atom stereocenters. The fourth-order valence-electron chi connectivity index (χ4n) is 2.77. The number of carbonyl (C=O) groups is 1. The zero-order chi connectivity index (χ0) is 16.5. The van der Waals surface area contributed by atoms with Gasteiger partial charge in [0.25, 0.3) is 5.91 Å². The summed E-state index contributed by atoms with van der Waals surface area (Å²) in [6.07, 6.45) is 1.12. The molecular formula is C18H16N2O3S. The van der Waals surface area contributed by atoms with Crippen LogP contribution in [0.4, 0.5) is 0 Å². The first kappa shape index (κ1) is 15.0. The highest BCUT2D eigenvalue weighted by atomic mass is 32.1. The van der Waals surface area contributed by atoms with Crippen LogP contribution in [0, 0.1) is 0 Å². The predicted molar refractivity (Wildman–Crippen MR) is 91.2 cm³/mol. The van der Waals surface area contributed by atoms with E-state index in [0.29, 0.717) is 22.9 Å². The molecule has 4 rings (SSSR count). The van der Waals surface area contributed by atoms with Gasteiger partial charge in [-0.15, -0.1) is 11.3 Å². The number of fused-ring (bicyclic) bond motifs is 1. The van der Waals surface area contributed by atoms with Crippen molar-refractivity contribution in [3.63, 3.8) is 0 Å². The second-order valence-electron chi connectivity index (χ2n) is 5.80. The predicted octanol–water partition coefficient (Wildman–Crippen LogP) is 3.66. The number of amides is 1. The Morgan fingerprint density at radius 2 is 2.29 bits per heavy atom. The largest absolute Gasteiger partial charge is 0.490 e. The molecular weight excluding hydrogens is 324 g/mol. The first-order valence-electron chi connectivity index (χ1n) is 7.76. The van der Waals surface area contributed by atoms with Crippen LogP contribution in [-0.4, -0.2) is 17.2 Å². The summed E-state index contributed by atoms with van der Waals surface area (Å²) in [5, 5.41) is 8.76. The lowest BCUT2D eigenvalue weighted by Crippen LogP contribution is -2.21. The molecule has 2 aromatic heterocycles. The molecule has 1 amide bonds. The van der Waals surface area contributed by atoms with Gasteiger partial charge in [-0.05, 0) is 42.1 Å². The summed E-state index contributed by atoms with van der Waals surface area (Å²) in [5.41, 5.74) is 2.85. The Morgan fingerprint density at radius 1 is 1.38 bits per heavy atom. The Kier molecular flexibility index (Phi) is 3.82. The van der Waals surface area contributed by atoms with Crippen LogP contribution in [-0.2, 0) is 13.0 Å². The van der Waals surface area contributed by atoms with Gasteiger partial charge in [-0.1, -0.05) is 11.2 Å². The third kappa shape index (κ3) is 2.92. The summed E-state index contributed by atoms with van der Waals surface area (Å²) in [5.74, 6) is 1.53. The summed E-state index contributed by atoms with van der Waals surface area (Å²) in [6.45, 7) is 2.40. The van der Waals surface area contributed by atoms with Gasteiger partial charge in [-0.3, -0.25) is 4.79 Å². The van der Waals surface area contributed by atoms with Gasteiger partial charge in [0.1, 0.15) is 17.5 Å². The number of aromatic nitrogens is 1. The van der Waals surface area contributed by atoms with Gasteiger partial charge < -0.3 is 14.6 Å². The molecule has 0 aliphatic carbocycles. The van der Waals surface area contributed by atoms with Crippen molar-refractivity contribution in [2.75, 3.05) is 0 Å². The van der Waals surface area contributed by atoms with Gasteiger partial charge in [0.2, 0.25) is 0 Å². The smallest absolute Gasteiger partial charge is 0.261 e. The summed E-state index contributed by atoms with van der Waals surface area (Å²) in [6, 6.07) is 11.5. The Hall–Kier alpha value is -2.60. The molecule has 1 N–H and O–H groups in total. The summed E-state index contributed by atoms with van der Waals surface area (Å²) >= 11 is 1.41. The summed E-state index contributed by atoms with van der Waals surface area (Å²) < 4.78 is 11.1. The zero-order valence-electron chi connectivity index (χ0n) is 13.1. The van der Waals surface area contributed by atoms with Crippen LogP contribution in [0.2, 0.25) is 0 Å². The number of thiophene rings is 1. The summed E-state index contributed by atoms with van der Waals surface area (Å²) in [7, 11) is 0. The molecule has 0 saturated heterocycles. The van der Waals surface area contributed by atoms with Gasteiger partial charge >= 0.3 is 0 Å². The Bertz CT molecular complexity index is 870. The highest BCUT2D eigenvalue weighted by Crippen LogP contribution is 2.33. The first-order valence-corrected chi connectivity index (χ1v) is 8.64. The third-order valence-corrected chi connectivity index (χ3v) is 4.78. The topological polar surface area (TPSA) is 64.4 Å². The van der Waals surface area contributed by atoms with E-state index in [1.54, 1.807) is 6.07 Å². The number of benzene rings is 1. The van der Waals surface area contributed by atoms with E-state index in [9.17, 15) is 4.79 Å². The molecule has 1 atom stereocenters. The maximum absolute atomic E-state index is 11.9. The van der Waals surface area contributed by atoms with Gasteiger partial charge in [0.05, 0.1) is 11.4 Å². The van der Waals surface area contributed by atoms with Crippen molar-refractivity contribution in [2.24, 2.45) is 0 Å². The van der Waals surface area contributed by atoms with Gasteiger partial charge in [-0.2, -0.15) is 0 Å². The average Bonchev–Trinajstić information content (AvgIpc) is 3.31. The van der Waals surface area contributed by atoms with Crippen molar-refractivity contribution < 1.29 is 14.1 Å². The van der Waals surface area contributed by atoms with Crippen LogP contribution in [0.25, 0.3) is 11.3 Å². The Balaban J connectivity index is 1.45. The van der Waals surface area contributed by atoms with Crippen LogP contribution in [0.15, 0.2) is 46.3 Å². The minimum absolute atomic E-state index is 0.0989. The van der Waals surface area contributed by atoms with Crippen molar-refractivity contribution in [2.45, 2.75) is 26.0 Å². The molecule has 122 valence electrons. The molecule has 24 heavy (non-hydrogen) atoms. The monoisotopic (exact) mass is 340 g/mol. The number of hydrogen-bond donors (Lipinski definition) is 1. The van der Waals surface area contributed by atoms with Crippen molar-refractivity contribution in [3.05, 3.63) is 57.9 Å². The molecule has 3 aromatic rings. The third-order valence-electron chi connectivity index (χ3n) is 3.91. The van der Waals surface area contributed by atoms with Crippen LogP contribution < -0.4 is 10.1 Å². The minimum Gasteiger partial charge on any atom is -0.490 e. The lowest BCUT2D eigenvalue weighted by molar-refractivity contribution is 0.0954. The second kappa shape index (κ2) is 6.13. The molecule has 0 spiro atoms. The number of hydrogen-bond acceptors (Lipinski definition) is 5. The fraction of sp³-hybridized carbons (Fsp3) is 0.222. The normalized spacial score (nSPS) is 15.8. The number of nitrogens with one attached hydrogen (secondary N) is 1. The quantitative estimate of drug-likeness (QED) is 0.787. The minimum atomic E-state index is -0.0989. The molecule has 0 saturated carbocycles. The highest BCUT2D eigenvalue weighted by molar-refractivity contribution is 7.12. The molecule has 1 aromatic carbocycles. The number of carbonyl (C=O) groups excluding carboxylic acids is 1. The molecule has 0 fully saturated rings.